The van der Waals surface area contributed by atoms with E-state index in [9.17, 15) is 18.0 Å². The first kappa shape index (κ1) is 16.5. The summed E-state index contributed by atoms with van der Waals surface area (Å²) in [5.74, 6) is 0. The summed E-state index contributed by atoms with van der Waals surface area (Å²) in [7, 11) is 0. The van der Waals surface area contributed by atoms with E-state index in [1.54, 1.807) is 0 Å². The number of halogens is 6. The SMILES string of the molecule is O=C(OCC(Cl)(Cl)Cl)N1CC1c1ccc(C(F)(F)F)cc1. The molecule has 1 unspecified atom stereocenters. The van der Waals surface area contributed by atoms with Gasteiger partial charge in [-0.3, -0.25) is 4.90 Å². The van der Waals surface area contributed by atoms with Crippen LogP contribution in [0.4, 0.5) is 18.0 Å². The van der Waals surface area contributed by atoms with Gasteiger partial charge in [-0.05, 0) is 17.7 Å². The Hall–Kier alpha value is -0.850. The largest absolute Gasteiger partial charge is 0.445 e. The molecule has 3 nitrogen and oxygen atoms in total. The fourth-order valence-corrected chi connectivity index (χ4v) is 1.91. The lowest BCUT2D eigenvalue weighted by molar-refractivity contribution is -0.137. The highest BCUT2D eigenvalue weighted by Gasteiger charge is 2.42. The van der Waals surface area contributed by atoms with Crippen LogP contribution in [0.5, 0.6) is 0 Å². The first-order valence-electron chi connectivity index (χ1n) is 5.75. The third-order valence-electron chi connectivity index (χ3n) is 2.83. The van der Waals surface area contributed by atoms with E-state index in [2.05, 4.69) is 0 Å². The molecule has 1 aliphatic heterocycles. The van der Waals surface area contributed by atoms with Gasteiger partial charge in [-0.15, -0.1) is 0 Å². The molecule has 0 N–H and O–H groups in total. The lowest BCUT2D eigenvalue weighted by Crippen LogP contribution is -2.21. The van der Waals surface area contributed by atoms with Crippen molar-refractivity contribution in [2.45, 2.75) is 16.0 Å². The lowest BCUT2D eigenvalue weighted by Gasteiger charge is -2.12. The molecule has 9 heteroatoms. The van der Waals surface area contributed by atoms with Gasteiger partial charge in [0.1, 0.15) is 6.61 Å². The van der Waals surface area contributed by atoms with Crippen molar-refractivity contribution in [2.24, 2.45) is 0 Å². The van der Waals surface area contributed by atoms with E-state index in [4.69, 9.17) is 39.5 Å². The van der Waals surface area contributed by atoms with Crippen molar-refractivity contribution in [1.29, 1.82) is 0 Å². The summed E-state index contributed by atoms with van der Waals surface area (Å²) < 4.78 is 40.4. The highest BCUT2D eigenvalue weighted by Crippen LogP contribution is 2.37. The van der Waals surface area contributed by atoms with Gasteiger partial charge in [0.15, 0.2) is 0 Å². The van der Waals surface area contributed by atoms with Crippen LogP contribution in [0.2, 0.25) is 0 Å². The molecule has 2 rings (SSSR count). The zero-order chi connectivity index (χ0) is 15.8. The molecule has 116 valence electrons. The molecule has 0 spiro atoms. The first-order valence-corrected chi connectivity index (χ1v) is 6.88. The van der Waals surface area contributed by atoms with Crippen LogP contribution >= 0.6 is 34.8 Å². The van der Waals surface area contributed by atoms with Crippen molar-refractivity contribution >= 4 is 40.9 Å². The molecule has 1 fully saturated rings. The number of alkyl halides is 6. The second kappa shape index (κ2) is 5.74. The third kappa shape index (κ3) is 4.56. The molecule has 0 aromatic heterocycles. The zero-order valence-corrected chi connectivity index (χ0v) is 12.6. The fourth-order valence-electron chi connectivity index (χ4n) is 1.75. The zero-order valence-electron chi connectivity index (χ0n) is 10.3. The molecule has 0 aliphatic carbocycles. The molecule has 1 aliphatic rings. The van der Waals surface area contributed by atoms with Gasteiger partial charge in [0, 0.05) is 6.54 Å². The Morgan fingerprint density at radius 3 is 2.29 bits per heavy atom. The van der Waals surface area contributed by atoms with Crippen molar-refractivity contribution < 1.29 is 22.7 Å². The number of hydrogen-bond acceptors (Lipinski definition) is 2. The maximum absolute atomic E-state index is 12.4. The molecule has 21 heavy (non-hydrogen) atoms. The summed E-state index contributed by atoms with van der Waals surface area (Å²) in [6.07, 6.45) is -5.06. The second-order valence-corrected chi connectivity index (χ2v) is 6.97. The maximum Gasteiger partial charge on any atom is 0.416 e. The molecule has 1 aromatic carbocycles. The van der Waals surface area contributed by atoms with E-state index in [0.717, 1.165) is 12.1 Å². The Morgan fingerprint density at radius 2 is 1.81 bits per heavy atom. The molecule has 1 aromatic rings. The molecular weight excluding hydrogens is 353 g/mol. The predicted octanol–water partition coefficient (Wildman–Crippen LogP) is 4.57. The monoisotopic (exact) mass is 361 g/mol. The highest BCUT2D eigenvalue weighted by molar-refractivity contribution is 6.67. The van der Waals surface area contributed by atoms with Gasteiger partial charge in [-0.1, -0.05) is 46.9 Å². The van der Waals surface area contributed by atoms with Gasteiger partial charge >= 0.3 is 12.3 Å². The average Bonchev–Trinajstić information content (AvgIpc) is 3.14. The van der Waals surface area contributed by atoms with Crippen LogP contribution in [-0.4, -0.2) is 27.9 Å². The first-order chi connectivity index (χ1) is 9.58. The van der Waals surface area contributed by atoms with Gasteiger partial charge in [0.2, 0.25) is 3.79 Å². The quantitative estimate of drug-likeness (QED) is 0.570. The lowest BCUT2D eigenvalue weighted by atomic mass is 10.1. The van der Waals surface area contributed by atoms with E-state index >= 15 is 0 Å². The predicted molar refractivity (Wildman–Crippen MR) is 72.5 cm³/mol. The van der Waals surface area contributed by atoms with Crippen molar-refractivity contribution in [3.63, 3.8) is 0 Å². The number of benzene rings is 1. The van der Waals surface area contributed by atoms with E-state index in [1.165, 1.54) is 17.0 Å². The number of rotatable bonds is 2. The number of hydrogen-bond donors (Lipinski definition) is 0. The number of nitrogens with zero attached hydrogens (tertiary/aromatic N) is 1. The number of carbonyl (C=O) groups is 1. The smallest absolute Gasteiger partial charge is 0.416 e. The molecule has 1 heterocycles. The number of amides is 1. The van der Waals surface area contributed by atoms with Crippen LogP contribution in [-0.2, 0) is 10.9 Å². The van der Waals surface area contributed by atoms with Crippen molar-refractivity contribution in [2.75, 3.05) is 13.2 Å². The summed E-state index contributed by atoms with van der Waals surface area (Å²) in [4.78, 5) is 12.9. The maximum atomic E-state index is 12.4. The average molecular weight is 363 g/mol. The minimum Gasteiger partial charge on any atom is -0.445 e. The summed E-state index contributed by atoms with van der Waals surface area (Å²) in [5.41, 5.74) is -0.147. The third-order valence-corrected chi connectivity index (χ3v) is 3.16. The Bertz CT molecular complexity index is 528. The Balaban J connectivity index is 1.93. The van der Waals surface area contributed by atoms with Crippen molar-refractivity contribution in [3.8, 4) is 0 Å². The Morgan fingerprint density at radius 1 is 1.24 bits per heavy atom. The number of carbonyl (C=O) groups excluding carboxylic acids is 1. The Labute approximate surface area is 133 Å². The van der Waals surface area contributed by atoms with Crippen LogP contribution in [0.15, 0.2) is 24.3 Å². The minimum absolute atomic E-state index is 0.310. The van der Waals surface area contributed by atoms with E-state index < -0.39 is 28.2 Å². The van der Waals surface area contributed by atoms with Gasteiger partial charge in [0.25, 0.3) is 0 Å². The van der Waals surface area contributed by atoms with E-state index in [0.29, 0.717) is 12.1 Å². The normalized spacial score (nSPS) is 18.6. The van der Waals surface area contributed by atoms with Crippen LogP contribution in [0.25, 0.3) is 0 Å². The summed E-state index contributed by atoms with van der Waals surface area (Å²) >= 11 is 16.3. The fraction of sp³-hybridized carbons (Fsp3) is 0.417. The highest BCUT2D eigenvalue weighted by atomic mass is 35.6. The molecule has 1 amide bonds. The van der Waals surface area contributed by atoms with E-state index in [-0.39, 0.29) is 6.04 Å². The van der Waals surface area contributed by atoms with Gasteiger partial charge in [-0.25, -0.2) is 4.79 Å². The minimum atomic E-state index is -4.38. The van der Waals surface area contributed by atoms with Crippen LogP contribution in [0, 0.1) is 0 Å². The van der Waals surface area contributed by atoms with Gasteiger partial charge < -0.3 is 4.74 Å². The molecule has 1 saturated heterocycles. The van der Waals surface area contributed by atoms with Gasteiger partial charge in [-0.2, -0.15) is 13.2 Å². The number of ether oxygens (including phenoxy) is 1. The van der Waals surface area contributed by atoms with Crippen molar-refractivity contribution in [1.82, 2.24) is 4.90 Å². The summed E-state index contributed by atoms with van der Waals surface area (Å²) in [5, 5.41) is 0. The second-order valence-electron chi connectivity index (χ2n) is 4.46. The molecule has 1 atom stereocenters. The summed E-state index contributed by atoms with van der Waals surface area (Å²) in [6.45, 7) is -0.0449. The van der Waals surface area contributed by atoms with Crippen LogP contribution in [0.3, 0.4) is 0 Å². The van der Waals surface area contributed by atoms with E-state index in [1.807, 2.05) is 0 Å². The standard InChI is InChI=1S/C12H9Cl3F3NO2/c13-11(14,15)6-21-10(20)19-5-9(19)7-1-3-8(4-2-7)12(16,17)18/h1-4,9H,5-6H2. The van der Waals surface area contributed by atoms with Crippen molar-refractivity contribution in [3.05, 3.63) is 35.4 Å². The van der Waals surface area contributed by atoms with Crippen LogP contribution < -0.4 is 0 Å². The van der Waals surface area contributed by atoms with Crippen LogP contribution in [0.1, 0.15) is 17.2 Å². The molecule has 0 saturated carbocycles. The Kier molecular flexibility index (Phi) is 4.52. The molecular formula is C12H9Cl3F3NO2. The molecule has 0 bridgehead atoms. The summed E-state index contributed by atoms with van der Waals surface area (Å²) in [6, 6.07) is 4.29. The topological polar surface area (TPSA) is 29.3 Å². The van der Waals surface area contributed by atoms with Gasteiger partial charge in [0.05, 0.1) is 11.6 Å². The molecule has 0 radical (unpaired) electrons.